The number of aryl methyl sites for hydroxylation is 1. The van der Waals surface area contributed by atoms with E-state index < -0.39 is 0 Å². The first kappa shape index (κ1) is 16.5. The van der Waals surface area contributed by atoms with Gasteiger partial charge in [-0.1, -0.05) is 12.1 Å². The van der Waals surface area contributed by atoms with Gasteiger partial charge in [0.1, 0.15) is 29.4 Å². The van der Waals surface area contributed by atoms with Gasteiger partial charge in [0, 0.05) is 7.05 Å². The Morgan fingerprint density at radius 1 is 1.31 bits per heavy atom. The van der Waals surface area contributed by atoms with Crippen molar-refractivity contribution in [3.63, 3.8) is 0 Å². The van der Waals surface area contributed by atoms with Gasteiger partial charge in [0.05, 0.1) is 11.4 Å². The molecule has 3 heterocycles. The second kappa shape index (κ2) is 6.06. The van der Waals surface area contributed by atoms with Crippen LogP contribution in [0.2, 0.25) is 0 Å². The number of nitrogens with zero attached hydrogens (tertiary/aromatic N) is 5. The standard InChI is InChI=1S/C16H13BrN6O3/c1-21-15-13(14(17)20-21)16(26)22(8-18-15)7-12(25)23-6-11(24)19-9-4-2-3-5-10(9)23/h2-5,8H,6-7H2,1H3,(H,19,24). The lowest BCUT2D eigenvalue weighted by atomic mass is 10.2. The molecular weight excluding hydrogens is 404 g/mol. The Bertz CT molecular complexity index is 1120. The van der Waals surface area contributed by atoms with Crippen LogP contribution < -0.4 is 15.8 Å². The molecule has 0 saturated heterocycles. The van der Waals surface area contributed by atoms with E-state index in [1.165, 1.54) is 20.5 Å². The van der Waals surface area contributed by atoms with Crippen LogP contribution in [0.4, 0.5) is 11.4 Å². The summed E-state index contributed by atoms with van der Waals surface area (Å²) in [5.74, 6) is -0.663. The third kappa shape index (κ3) is 2.58. The first-order chi connectivity index (χ1) is 12.5. The van der Waals surface area contributed by atoms with Crippen LogP contribution in [0, 0.1) is 0 Å². The van der Waals surface area contributed by atoms with Gasteiger partial charge in [-0.3, -0.25) is 23.9 Å². The number of carbonyl (C=O) groups is 2. The molecule has 132 valence electrons. The fourth-order valence-corrected chi connectivity index (χ4v) is 3.52. The van der Waals surface area contributed by atoms with Crippen LogP contribution in [0.15, 0.2) is 40.0 Å². The molecule has 10 heteroatoms. The molecule has 3 aromatic rings. The van der Waals surface area contributed by atoms with E-state index in [0.29, 0.717) is 27.0 Å². The summed E-state index contributed by atoms with van der Waals surface area (Å²) >= 11 is 3.24. The Kier molecular flexibility index (Phi) is 3.83. The predicted molar refractivity (Wildman–Crippen MR) is 97.9 cm³/mol. The van der Waals surface area contributed by atoms with E-state index in [1.807, 2.05) is 0 Å². The molecule has 2 amide bonds. The minimum Gasteiger partial charge on any atom is -0.323 e. The number of aromatic nitrogens is 4. The van der Waals surface area contributed by atoms with E-state index >= 15 is 0 Å². The van der Waals surface area contributed by atoms with Gasteiger partial charge in [-0.15, -0.1) is 0 Å². The maximum absolute atomic E-state index is 12.8. The molecule has 0 saturated carbocycles. The number of halogens is 1. The van der Waals surface area contributed by atoms with E-state index in [1.54, 1.807) is 31.3 Å². The number of hydrogen-bond donors (Lipinski definition) is 1. The number of amides is 2. The van der Waals surface area contributed by atoms with E-state index in [9.17, 15) is 14.4 Å². The lowest BCUT2D eigenvalue weighted by molar-refractivity contribution is -0.122. The molecule has 9 nitrogen and oxygen atoms in total. The van der Waals surface area contributed by atoms with Gasteiger partial charge in [-0.25, -0.2) is 9.67 Å². The Morgan fingerprint density at radius 3 is 2.88 bits per heavy atom. The van der Waals surface area contributed by atoms with Crippen LogP contribution in [0.25, 0.3) is 11.0 Å². The van der Waals surface area contributed by atoms with Crippen LogP contribution in [0.3, 0.4) is 0 Å². The molecule has 26 heavy (non-hydrogen) atoms. The molecule has 0 aliphatic carbocycles. The molecule has 0 bridgehead atoms. The van der Waals surface area contributed by atoms with Crippen molar-refractivity contribution >= 4 is 50.2 Å². The number of hydrogen-bond acceptors (Lipinski definition) is 5. The van der Waals surface area contributed by atoms with Gasteiger partial charge < -0.3 is 5.32 Å². The van der Waals surface area contributed by atoms with Crippen LogP contribution in [-0.4, -0.2) is 37.7 Å². The topological polar surface area (TPSA) is 102 Å². The zero-order valence-electron chi connectivity index (χ0n) is 13.6. The summed E-state index contributed by atoms with van der Waals surface area (Å²) in [4.78, 5) is 42.9. The molecule has 4 rings (SSSR count). The number of para-hydroxylation sites is 2. The highest BCUT2D eigenvalue weighted by atomic mass is 79.9. The maximum atomic E-state index is 12.8. The summed E-state index contributed by atoms with van der Waals surface area (Å²) in [5, 5.41) is 7.14. The number of benzene rings is 1. The molecule has 1 aliphatic rings. The molecule has 0 unspecified atom stereocenters. The molecule has 0 radical (unpaired) electrons. The molecule has 2 aromatic heterocycles. The Hall–Kier alpha value is -3.01. The molecule has 1 aromatic carbocycles. The monoisotopic (exact) mass is 416 g/mol. The van der Waals surface area contributed by atoms with E-state index in [2.05, 4.69) is 31.3 Å². The predicted octanol–water partition coefficient (Wildman–Crippen LogP) is 0.878. The highest BCUT2D eigenvalue weighted by molar-refractivity contribution is 9.10. The second-order valence-corrected chi connectivity index (χ2v) is 6.59. The van der Waals surface area contributed by atoms with Gasteiger partial charge in [-0.05, 0) is 28.1 Å². The first-order valence-corrected chi connectivity index (χ1v) is 8.52. The highest BCUT2D eigenvalue weighted by Crippen LogP contribution is 2.29. The van der Waals surface area contributed by atoms with Crippen LogP contribution in [-0.2, 0) is 23.2 Å². The van der Waals surface area contributed by atoms with Gasteiger partial charge in [-0.2, -0.15) is 5.10 Å². The van der Waals surface area contributed by atoms with Crippen LogP contribution >= 0.6 is 15.9 Å². The van der Waals surface area contributed by atoms with Gasteiger partial charge in [0.25, 0.3) is 5.56 Å². The Balaban J connectivity index is 1.70. The Morgan fingerprint density at radius 2 is 2.08 bits per heavy atom. The smallest absolute Gasteiger partial charge is 0.266 e. The average Bonchev–Trinajstić information content (AvgIpc) is 2.91. The summed E-state index contributed by atoms with van der Waals surface area (Å²) < 4.78 is 3.07. The fraction of sp³-hybridized carbons (Fsp3) is 0.188. The molecule has 0 spiro atoms. The summed E-state index contributed by atoms with van der Waals surface area (Å²) in [7, 11) is 1.68. The zero-order chi connectivity index (χ0) is 18.4. The third-order valence-electron chi connectivity index (χ3n) is 4.15. The lowest BCUT2D eigenvalue weighted by Crippen LogP contribution is -2.44. The summed E-state index contributed by atoms with van der Waals surface area (Å²) in [5.41, 5.74) is 1.21. The van der Waals surface area contributed by atoms with Gasteiger partial charge in [0.2, 0.25) is 11.8 Å². The number of anilines is 2. The average molecular weight is 417 g/mol. The zero-order valence-corrected chi connectivity index (χ0v) is 15.2. The summed E-state index contributed by atoms with van der Waals surface area (Å²) in [6, 6.07) is 7.02. The third-order valence-corrected chi connectivity index (χ3v) is 4.70. The maximum Gasteiger partial charge on any atom is 0.266 e. The van der Waals surface area contributed by atoms with E-state index in [4.69, 9.17) is 0 Å². The normalized spacial score (nSPS) is 13.6. The number of rotatable bonds is 2. The molecular formula is C16H13BrN6O3. The number of nitrogens with one attached hydrogen (secondary N) is 1. The SMILES string of the molecule is Cn1nc(Br)c2c(=O)n(CC(=O)N3CC(=O)Nc4ccccc43)cnc21. The van der Waals surface area contributed by atoms with Crippen LogP contribution in [0.1, 0.15) is 0 Å². The van der Waals surface area contributed by atoms with Crippen molar-refractivity contribution in [2.75, 3.05) is 16.8 Å². The molecule has 1 N–H and O–H groups in total. The Labute approximate surface area is 155 Å². The van der Waals surface area contributed by atoms with E-state index in [0.717, 1.165) is 0 Å². The number of fused-ring (bicyclic) bond motifs is 2. The van der Waals surface area contributed by atoms with Gasteiger partial charge >= 0.3 is 0 Å². The highest BCUT2D eigenvalue weighted by Gasteiger charge is 2.27. The minimum atomic E-state index is -0.379. The second-order valence-electron chi connectivity index (χ2n) is 5.84. The van der Waals surface area contributed by atoms with Crippen molar-refractivity contribution in [1.82, 2.24) is 19.3 Å². The lowest BCUT2D eigenvalue weighted by Gasteiger charge is -2.29. The van der Waals surface area contributed by atoms with Crippen molar-refractivity contribution in [1.29, 1.82) is 0 Å². The van der Waals surface area contributed by atoms with Crippen molar-refractivity contribution < 1.29 is 9.59 Å². The quantitative estimate of drug-likeness (QED) is 0.667. The van der Waals surface area contributed by atoms with E-state index in [-0.39, 0.29) is 30.5 Å². The van der Waals surface area contributed by atoms with Crippen LogP contribution in [0.5, 0.6) is 0 Å². The summed E-state index contributed by atoms with van der Waals surface area (Å²) in [6.07, 6.45) is 1.31. The molecule has 0 atom stereocenters. The minimum absolute atomic E-state index is 0.100. The van der Waals surface area contributed by atoms with Crippen molar-refractivity contribution in [3.8, 4) is 0 Å². The molecule has 1 aliphatic heterocycles. The van der Waals surface area contributed by atoms with Crippen molar-refractivity contribution in [2.45, 2.75) is 6.54 Å². The van der Waals surface area contributed by atoms with Crippen molar-refractivity contribution in [3.05, 3.63) is 45.5 Å². The fourth-order valence-electron chi connectivity index (χ4n) is 2.93. The van der Waals surface area contributed by atoms with Crippen molar-refractivity contribution in [2.24, 2.45) is 7.05 Å². The van der Waals surface area contributed by atoms with Gasteiger partial charge in [0.15, 0.2) is 5.65 Å². The first-order valence-electron chi connectivity index (χ1n) is 7.72. The summed E-state index contributed by atoms with van der Waals surface area (Å²) in [6.45, 7) is -0.332. The number of carbonyl (C=O) groups excluding carboxylic acids is 2. The largest absolute Gasteiger partial charge is 0.323 e. The molecule has 0 fully saturated rings.